The van der Waals surface area contributed by atoms with Crippen molar-refractivity contribution in [1.82, 2.24) is 4.90 Å². The molecule has 4 unspecified atom stereocenters. The van der Waals surface area contributed by atoms with Crippen LogP contribution in [0.15, 0.2) is 60.7 Å². The Morgan fingerprint density at radius 1 is 0.906 bits per heavy atom. The number of rotatable bonds is 4. The van der Waals surface area contributed by atoms with Crippen LogP contribution in [0.4, 0.5) is 0 Å². The average Bonchev–Trinajstić information content (AvgIpc) is 3.16. The number of halogens is 2. The summed E-state index contributed by atoms with van der Waals surface area (Å²) in [7, 11) is 0. The minimum Gasteiger partial charge on any atom is -1.00 e. The van der Waals surface area contributed by atoms with Gasteiger partial charge >= 0.3 is 0 Å². The maximum atomic E-state index is 14.1. The van der Waals surface area contributed by atoms with E-state index >= 15 is 0 Å². The number of fused-ring (bicyclic) bond motifs is 5. The molecule has 2 fully saturated rings. The number of ketones is 1. The molecule has 32 heavy (non-hydrogen) atoms. The number of alkyl halides is 1. The van der Waals surface area contributed by atoms with E-state index in [0.29, 0.717) is 6.54 Å². The van der Waals surface area contributed by atoms with E-state index in [4.69, 9.17) is 0 Å². The number of Topliss-reactive ketones (excluding diaryl/α,β-unsaturated/α-hetero) is 1. The second-order valence-electron chi connectivity index (χ2n) is 8.93. The molecule has 0 spiro atoms. The van der Waals surface area contributed by atoms with Gasteiger partial charge in [0.05, 0.1) is 29.8 Å². The van der Waals surface area contributed by atoms with Gasteiger partial charge < -0.3 is 22.7 Å². The van der Waals surface area contributed by atoms with Gasteiger partial charge in [-0.2, -0.15) is 0 Å². The molecule has 3 aliphatic rings. The van der Waals surface area contributed by atoms with Gasteiger partial charge in [-0.15, -0.1) is 0 Å². The largest absolute Gasteiger partial charge is 1.00 e. The SMILES string of the molecule is CC12C(=O)C(C)(C(c3ccccc3)=C1c1ccccc1)C1(Br)C(=O)N(CC[NH3+])C(=O)C21.[Br-]. The number of nitrogens with zero attached hydrogens (tertiary/aromatic N) is 1. The summed E-state index contributed by atoms with van der Waals surface area (Å²) in [6, 6.07) is 19.5. The summed E-state index contributed by atoms with van der Waals surface area (Å²) in [4.78, 5) is 42.7. The second-order valence-corrected chi connectivity index (χ2v) is 10.2. The van der Waals surface area contributed by atoms with Crippen molar-refractivity contribution in [2.45, 2.75) is 18.2 Å². The summed E-state index contributed by atoms with van der Waals surface area (Å²) < 4.78 is -1.30. The van der Waals surface area contributed by atoms with Crippen molar-refractivity contribution in [1.29, 1.82) is 0 Å². The van der Waals surface area contributed by atoms with Gasteiger partial charge in [-0.05, 0) is 36.1 Å². The first kappa shape index (κ1) is 23.1. The van der Waals surface area contributed by atoms with E-state index in [2.05, 4.69) is 21.7 Å². The highest BCUT2D eigenvalue weighted by Crippen LogP contribution is 2.77. The zero-order valence-corrected chi connectivity index (χ0v) is 21.1. The Morgan fingerprint density at radius 2 is 1.41 bits per heavy atom. The third-order valence-electron chi connectivity index (χ3n) is 7.47. The van der Waals surface area contributed by atoms with Crippen LogP contribution in [0.1, 0.15) is 25.0 Å². The molecule has 5 rings (SSSR count). The number of quaternary nitrogens is 1. The molecule has 1 aliphatic heterocycles. The average molecular weight is 560 g/mol. The van der Waals surface area contributed by atoms with Crippen molar-refractivity contribution in [3.05, 3.63) is 71.8 Å². The number of likely N-dealkylation sites (tertiary alicyclic amines) is 1. The number of hydrogen-bond donors (Lipinski definition) is 1. The Labute approximate surface area is 205 Å². The molecular formula is C25H24Br2N2O3. The molecule has 2 bridgehead atoms. The van der Waals surface area contributed by atoms with Gasteiger partial charge in [0.15, 0.2) is 5.78 Å². The number of hydrogen-bond acceptors (Lipinski definition) is 3. The van der Waals surface area contributed by atoms with E-state index in [1.807, 2.05) is 74.5 Å². The topological polar surface area (TPSA) is 82.1 Å². The minimum absolute atomic E-state index is 0. The first-order valence-electron chi connectivity index (χ1n) is 10.5. The molecule has 4 atom stereocenters. The van der Waals surface area contributed by atoms with Crippen LogP contribution in [0.5, 0.6) is 0 Å². The Bertz CT molecular complexity index is 1170. The van der Waals surface area contributed by atoms with Crippen LogP contribution in [0, 0.1) is 16.7 Å². The van der Waals surface area contributed by atoms with Crippen molar-refractivity contribution in [3.8, 4) is 0 Å². The third kappa shape index (κ3) is 2.39. The monoisotopic (exact) mass is 558 g/mol. The van der Waals surface area contributed by atoms with E-state index < -0.39 is 21.1 Å². The van der Waals surface area contributed by atoms with Crippen molar-refractivity contribution in [3.63, 3.8) is 0 Å². The fourth-order valence-corrected chi connectivity index (χ4v) is 7.47. The molecule has 1 saturated carbocycles. The molecule has 5 nitrogen and oxygen atoms in total. The number of amides is 2. The molecule has 2 aromatic rings. The highest BCUT2D eigenvalue weighted by Gasteiger charge is 2.85. The normalized spacial score (nSPS) is 33.1. The molecular weight excluding hydrogens is 536 g/mol. The first-order chi connectivity index (χ1) is 14.8. The highest BCUT2D eigenvalue weighted by atomic mass is 79.9. The van der Waals surface area contributed by atoms with Crippen molar-refractivity contribution in [2.24, 2.45) is 16.7 Å². The molecule has 2 aliphatic carbocycles. The maximum absolute atomic E-state index is 14.1. The van der Waals surface area contributed by atoms with Crippen LogP contribution in [0.25, 0.3) is 11.1 Å². The number of imide groups is 1. The van der Waals surface area contributed by atoms with Gasteiger partial charge in [0.2, 0.25) is 11.8 Å². The van der Waals surface area contributed by atoms with Crippen molar-refractivity contribution >= 4 is 44.7 Å². The summed E-state index contributed by atoms with van der Waals surface area (Å²) in [6.45, 7) is 4.36. The molecule has 0 radical (unpaired) electrons. The van der Waals surface area contributed by atoms with Crippen LogP contribution in [0.3, 0.4) is 0 Å². The lowest BCUT2D eigenvalue weighted by molar-refractivity contribution is -0.367. The molecule has 7 heteroatoms. The van der Waals surface area contributed by atoms with Crippen LogP contribution >= 0.6 is 15.9 Å². The van der Waals surface area contributed by atoms with Crippen LogP contribution in [-0.4, -0.2) is 39.9 Å². The van der Waals surface area contributed by atoms with Gasteiger partial charge in [0.1, 0.15) is 4.32 Å². The number of allylic oxidation sites excluding steroid dienone is 2. The smallest absolute Gasteiger partial charge is 0.248 e. The zero-order valence-electron chi connectivity index (χ0n) is 17.9. The van der Waals surface area contributed by atoms with E-state index in [9.17, 15) is 14.4 Å². The Kier molecular flexibility index (Phi) is 5.39. The second kappa shape index (κ2) is 7.47. The number of carbonyl (C=O) groups excluding carboxylic acids is 3. The lowest BCUT2D eigenvalue weighted by Gasteiger charge is -2.41. The summed E-state index contributed by atoms with van der Waals surface area (Å²) in [6.07, 6.45) is 0. The summed E-state index contributed by atoms with van der Waals surface area (Å²) in [5.41, 5.74) is 5.02. The van der Waals surface area contributed by atoms with E-state index in [1.54, 1.807) is 0 Å². The van der Waals surface area contributed by atoms with Gasteiger partial charge in [0.25, 0.3) is 0 Å². The number of carbonyl (C=O) groups is 3. The van der Waals surface area contributed by atoms with E-state index in [-0.39, 0.29) is 41.1 Å². The molecule has 166 valence electrons. The summed E-state index contributed by atoms with van der Waals surface area (Å²) >= 11 is 3.73. The van der Waals surface area contributed by atoms with Crippen LogP contribution < -0.4 is 22.7 Å². The van der Waals surface area contributed by atoms with Gasteiger partial charge in [-0.3, -0.25) is 19.3 Å². The fourth-order valence-electron chi connectivity index (χ4n) is 6.23. The zero-order chi connectivity index (χ0) is 22.2. The lowest BCUT2D eigenvalue weighted by atomic mass is 9.63. The van der Waals surface area contributed by atoms with E-state index in [1.165, 1.54) is 4.90 Å². The van der Waals surface area contributed by atoms with Crippen LogP contribution in [-0.2, 0) is 14.4 Å². The van der Waals surface area contributed by atoms with E-state index in [0.717, 1.165) is 22.3 Å². The molecule has 3 N–H and O–H groups in total. The maximum Gasteiger partial charge on any atom is 0.248 e. The summed E-state index contributed by atoms with van der Waals surface area (Å²) in [5.74, 6) is -1.48. The minimum atomic E-state index is -1.30. The third-order valence-corrected chi connectivity index (χ3v) is 9.06. The molecule has 2 amide bonds. The Morgan fingerprint density at radius 3 is 1.91 bits per heavy atom. The van der Waals surface area contributed by atoms with Gasteiger partial charge in [0, 0.05) is 0 Å². The Hall–Kier alpha value is -2.09. The fraction of sp³-hybridized carbons (Fsp3) is 0.320. The Balaban J connectivity index is 0.00000245. The van der Waals surface area contributed by atoms with Crippen LogP contribution in [0.2, 0.25) is 0 Å². The highest BCUT2D eigenvalue weighted by molar-refractivity contribution is 9.10. The molecule has 1 heterocycles. The van der Waals surface area contributed by atoms with Crippen molar-refractivity contribution < 1.29 is 37.1 Å². The first-order valence-corrected chi connectivity index (χ1v) is 11.3. The standard InChI is InChI=1S/C25H23BrN2O3.BrH/c1-23-17(15-9-5-3-6-10-15)18(16-11-7-4-8-12-16)24(2,21(23)30)25(26)19(23)20(29)28(14-13-27)22(25)31;/h3-12,19H,13-14,27H2,1-2H3;1H. The van der Waals surface area contributed by atoms with Crippen molar-refractivity contribution in [2.75, 3.05) is 13.1 Å². The van der Waals surface area contributed by atoms with Gasteiger partial charge in [-0.25, -0.2) is 0 Å². The summed E-state index contributed by atoms with van der Waals surface area (Å²) in [5, 5.41) is 0. The molecule has 0 aromatic heterocycles. The predicted molar refractivity (Wildman–Crippen MR) is 121 cm³/mol. The van der Waals surface area contributed by atoms with Gasteiger partial charge in [-0.1, -0.05) is 76.6 Å². The number of benzene rings is 2. The quantitative estimate of drug-likeness (QED) is 0.408. The molecule has 2 aromatic carbocycles. The molecule has 1 saturated heterocycles. The predicted octanol–water partition coefficient (Wildman–Crippen LogP) is -0.429. The lowest BCUT2D eigenvalue weighted by Crippen LogP contribution is -3.00.